The summed E-state index contributed by atoms with van der Waals surface area (Å²) in [6, 6.07) is 17.9. The van der Waals surface area contributed by atoms with Gasteiger partial charge < -0.3 is 10.1 Å². The molecule has 0 unspecified atom stereocenters. The Kier molecular flexibility index (Phi) is 5.46. The second-order valence-corrected chi connectivity index (χ2v) is 6.99. The van der Waals surface area contributed by atoms with Gasteiger partial charge in [0.1, 0.15) is 5.75 Å². The van der Waals surface area contributed by atoms with Crippen molar-refractivity contribution in [2.45, 2.75) is 20.4 Å². The van der Waals surface area contributed by atoms with Gasteiger partial charge in [-0.15, -0.1) is 11.3 Å². The van der Waals surface area contributed by atoms with E-state index in [9.17, 15) is 4.79 Å². The van der Waals surface area contributed by atoms with Gasteiger partial charge in [0.15, 0.2) is 6.61 Å². The Morgan fingerprint density at radius 3 is 2.36 bits per heavy atom. The van der Waals surface area contributed by atoms with Crippen LogP contribution < -0.4 is 10.1 Å². The molecule has 2 aromatic carbocycles. The summed E-state index contributed by atoms with van der Waals surface area (Å²) >= 11 is 1.60. The number of thiazole rings is 1. The highest BCUT2D eigenvalue weighted by atomic mass is 32.1. The van der Waals surface area contributed by atoms with Crippen molar-refractivity contribution in [1.29, 1.82) is 0 Å². The number of nitrogens with zero attached hydrogens (tertiary/aromatic N) is 1. The number of carbonyl (C=O) groups is 1. The van der Waals surface area contributed by atoms with Crippen LogP contribution in [0.4, 0.5) is 0 Å². The Hall–Kier alpha value is -2.66. The van der Waals surface area contributed by atoms with Gasteiger partial charge in [0.2, 0.25) is 0 Å². The van der Waals surface area contributed by atoms with Gasteiger partial charge in [0, 0.05) is 4.88 Å². The van der Waals surface area contributed by atoms with Crippen LogP contribution in [-0.2, 0) is 11.3 Å². The van der Waals surface area contributed by atoms with Crippen LogP contribution in [0.5, 0.6) is 5.75 Å². The summed E-state index contributed by atoms with van der Waals surface area (Å²) in [4.78, 5) is 17.4. The molecule has 1 heterocycles. The summed E-state index contributed by atoms with van der Waals surface area (Å²) in [5, 5.41) is 3.88. The van der Waals surface area contributed by atoms with Crippen LogP contribution in [0.2, 0.25) is 0 Å². The number of hydrogen-bond donors (Lipinski definition) is 1. The monoisotopic (exact) mass is 352 g/mol. The summed E-state index contributed by atoms with van der Waals surface area (Å²) in [6.07, 6.45) is 0. The van der Waals surface area contributed by atoms with Crippen LogP contribution in [0.15, 0.2) is 54.6 Å². The third kappa shape index (κ3) is 4.67. The van der Waals surface area contributed by atoms with Gasteiger partial charge in [-0.05, 0) is 37.1 Å². The number of hydrogen-bond acceptors (Lipinski definition) is 4. The Labute approximate surface area is 151 Å². The summed E-state index contributed by atoms with van der Waals surface area (Å²) in [7, 11) is 0. The maximum Gasteiger partial charge on any atom is 0.258 e. The average Bonchev–Trinajstić information content (AvgIpc) is 2.96. The van der Waals surface area contributed by atoms with Crippen LogP contribution in [0.25, 0.3) is 11.1 Å². The van der Waals surface area contributed by atoms with Crippen LogP contribution in [0.3, 0.4) is 0 Å². The van der Waals surface area contributed by atoms with E-state index < -0.39 is 0 Å². The van der Waals surface area contributed by atoms with Gasteiger partial charge in [-0.1, -0.05) is 42.5 Å². The zero-order valence-corrected chi connectivity index (χ0v) is 15.1. The summed E-state index contributed by atoms with van der Waals surface area (Å²) in [5.74, 6) is 0.539. The van der Waals surface area contributed by atoms with E-state index in [4.69, 9.17) is 4.74 Å². The molecular formula is C20H20N2O2S. The van der Waals surface area contributed by atoms with Crippen LogP contribution in [0, 0.1) is 13.8 Å². The first kappa shape index (κ1) is 17.2. The Balaban J connectivity index is 1.49. The number of amides is 1. The van der Waals surface area contributed by atoms with Gasteiger partial charge in [0.25, 0.3) is 5.91 Å². The lowest BCUT2D eigenvalue weighted by Gasteiger charge is -2.08. The number of ether oxygens (including phenoxy) is 1. The largest absolute Gasteiger partial charge is 0.484 e. The zero-order chi connectivity index (χ0) is 17.6. The van der Waals surface area contributed by atoms with Crippen molar-refractivity contribution < 1.29 is 9.53 Å². The van der Waals surface area contributed by atoms with Crippen molar-refractivity contribution in [3.63, 3.8) is 0 Å². The molecule has 0 aliphatic rings. The summed E-state index contributed by atoms with van der Waals surface area (Å²) in [5.41, 5.74) is 3.25. The molecule has 3 aromatic rings. The predicted molar refractivity (Wildman–Crippen MR) is 101 cm³/mol. The molecule has 0 atom stereocenters. The topological polar surface area (TPSA) is 51.2 Å². The van der Waals surface area contributed by atoms with Gasteiger partial charge in [-0.2, -0.15) is 0 Å². The van der Waals surface area contributed by atoms with Crippen molar-refractivity contribution in [2.24, 2.45) is 0 Å². The molecule has 1 amide bonds. The molecule has 5 heteroatoms. The first-order chi connectivity index (χ1) is 12.1. The highest BCUT2D eigenvalue weighted by molar-refractivity contribution is 7.11. The van der Waals surface area contributed by atoms with Crippen molar-refractivity contribution >= 4 is 17.2 Å². The van der Waals surface area contributed by atoms with E-state index in [0.29, 0.717) is 12.3 Å². The quantitative estimate of drug-likeness (QED) is 0.726. The van der Waals surface area contributed by atoms with Crippen molar-refractivity contribution in [2.75, 3.05) is 6.61 Å². The van der Waals surface area contributed by atoms with Crippen molar-refractivity contribution in [1.82, 2.24) is 10.3 Å². The fraction of sp³-hybridized carbons (Fsp3) is 0.200. The molecular weight excluding hydrogens is 332 g/mol. The second kappa shape index (κ2) is 7.94. The Morgan fingerprint density at radius 2 is 1.72 bits per heavy atom. The fourth-order valence-corrected chi connectivity index (χ4v) is 3.37. The molecule has 128 valence electrons. The zero-order valence-electron chi connectivity index (χ0n) is 14.3. The maximum atomic E-state index is 11.9. The molecule has 25 heavy (non-hydrogen) atoms. The van der Waals surface area contributed by atoms with E-state index in [-0.39, 0.29) is 12.5 Å². The van der Waals surface area contributed by atoms with Crippen molar-refractivity contribution in [3.8, 4) is 16.9 Å². The number of rotatable bonds is 6. The van der Waals surface area contributed by atoms with Gasteiger partial charge >= 0.3 is 0 Å². The fourth-order valence-electron chi connectivity index (χ4n) is 2.49. The van der Waals surface area contributed by atoms with Crippen LogP contribution in [-0.4, -0.2) is 17.5 Å². The first-order valence-corrected chi connectivity index (χ1v) is 8.91. The Bertz CT molecular complexity index is 842. The lowest BCUT2D eigenvalue weighted by Crippen LogP contribution is -2.28. The van der Waals surface area contributed by atoms with E-state index in [1.807, 2.05) is 56.3 Å². The first-order valence-electron chi connectivity index (χ1n) is 8.10. The molecule has 1 aromatic heterocycles. The lowest BCUT2D eigenvalue weighted by atomic mass is 10.1. The van der Waals surface area contributed by atoms with E-state index in [0.717, 1.165) is 26.7 Å². The summed E-state index contributed by atoms with van der Waals surface area (Å²) in [6.45, 7) is 4.41. The lowest BCUT2D eigenvalue weighted by molar-refractivity contribution is -0.123. The highest BCUT2D eigenvalue weighted by Crippen LogP contribution is 2.22. The number of aryl methyl sites for hydroxylation is 2. The predicted octanol–water partition coefficient (Wildman–Crippen LogP) is 4.12. The molecule has 3 rings (SSSR count). The number of aromatic nitrogens is 1. The SMILES string of the molecule is Cc1nc(C)c(CNC(=O)COc2ccc(-c3ccccc3)cc2)s1. The minimum Gasteiger partial charge on any atom is -0.484 e. The molecule has 1 N–H and O–H groups in total. The van der Waals surface area contributed by atoms with Gasteiger partial charge in [-0.25, -0.2) is 4.98 Å². The van der Waals surface area contributed by atoms with E-state index >= 15 is 0 Å². The molecule has 4 nitrogen and oxygen atoms in total. The van der Waals surface area contributed by atoms with Crippen LogP contribution >= 0.6 is 11.3 Å². The molecule has 0 saturated heterocycles. The molecule has 0 saturated carbocycles. The van der Waals surface area contributed by atoms with Crippen LogP contribution in [0.1, 0.15) is 15.6 Å². The maximum absolute atomic E-state index is 11.9. The number of benzene rings is 2. The molecule has 0 fully saturated rings. The number of nitrogens with one attached hydrogen (secondary N) is 1. The third-order valence-electron chi connectivity index (χ3n) is 3.78. The van der Waals surface area contributed by atoms with Gasteiger partial charge in [0.05, 0.1) is 17.2 Å². The van der Waals surface area contributed by atoms with Gasteiger partial charge in [-0.3, -0.25) is 4.79 Å². The van der Waals surface area contributed by atoms with E-state index in [1.165, 1.54) is 0 Å². The second-order valence-electron chi connectivity index (χ2n) is 5.70. The van der Waals surface area contributed by atoms with Crippen molar-refractivity contribution in [3.05, 3.63) is 70.2 Å². The normalized spacial score (nSPS) is 10.5. The molecule has 0 bridgehead atoms. The smallest absolute Gasteiger partial charge is 0.258 e. The average molecular weight is 352 g/mol. The summed E-state index contributed by atoms with van der Waals surface area (Å²) < 4.78 is 5.56. The minimum atomic E-state index is -0.141. The molecule has 0 aliphatic heterocycles. The molecule has 0 aliphatic carbocycles. The Morgan fingerprint density at radius 1 is 1.04 bits per heavy atom. The number of carbonyl (C=O) groups excluding carboxylic acids is 1. The highest BCUT2D eigenvalue weighted by Gasteiger charge is 2.08. The molecule has 0 spiro atoms. The van der Waals surface area contributed by atoms with E-state index in [1.54, 1.807) is 11.3 Å². The third-order valence-corrected chi connectivity index (χ3v) is 4.85. The minimum absolute atomic E-state index is 0.00151. The standard InChI is InChI=1S/C20H20N2O2S/c1-14-19(25-15(2)22-14)12-21-20(23)13-24-18-10-8-17(9-11-18)16-6-4-3-5-7-16/h3-11H,12-13H2,1-2H3,(H,21,23). The molecule has 0 radical (unpaired) electrons. The van der Waals surface area contributed by atoms with E-state index in [2.05, 4.69) is 22.4 Å².